The van der Waals surface area contributed by atoms with Crippen molar-refractivity contribution in [3.8, 4) is 0 Å². The van der Waals surface area contributed by atoms with Gasteiger partial charge < -0.3 is 77.3 Å². The predicted molar refractivity (Wildman–Crippen MR) is 151 cm³/mol. The van der Waals surface area contributed by atoms with Gasteiger partial charge in [0.1, 0.15) is 0 Å². The Hall–Kier alpha value is 0.0743. The van der Waals surface area contributed by atoms with E-state index in [9.17, 15) is 20.4 Å². The van der Waals surface area contributed by atoms with Gasteiger partial charge in [0.2, 0.25) is 0 Å². The second-order valence-electron chi connectivity index (χ2n) is 8.41. The van der Waals surface area contributed by atoms with Gasteiger partial charge in [-0.25, -0.2) is 0 Å². The molecule has 0 spiro atoms. The van der Waals surface area contributed by atoms with Gasteiger partial charge in [-0.05, 0) is 0 Å². The zero-order valence-corrected chi connectivity index (χ0v) is 31.1. The number of hydrogen-bond donors (Lipinski definition) is 0. The van der Waals surface area contributed by atoms with Gasteiger partial charge in [0, 0.05) is 111 Å². The number of ether oxygens (including phenoxy) is 12. The molecular formula is C28H60O16Ti. The van der Waals surface area contributed by atoms with E-state index in [1.165, 1.54) is 85.3 Å². The molecule has 272 valence electrons. The maximum atomic E-state index is 10.2. The average Bonchev–Trinajstić information content (AvgIpc) is 3.09. The minimum atomic E-state index is -1.02. The molecule has 0 heterocycles. The molecule has 0 saturated heterocycles. The number of methoxy groups -OCH3 is 12. The van der Waals surface area contributed by atoms with Crippen molar-refractivity contribution < 1.29 is 99.0 Å². The molecule has 0 aliphatic carbocycles. The molecule has 0 saturated carbocycles. The van der Waals surface area contributed by atoms with E-state index in [2.05, 4.69) is 0 Å². The maximum Gasteiger partial charge on any atom is 4.00 e. The van der Waals surface area contributed by atoms with Crippen LogP contribution in [-0.2, 0) is 78.6 Å². The molecule has 0 aromatic rings. The fraction of sp³-hybridized carbons (Fsp3) is 1.00. The van der Waals surface area contributed by atoms with Gasteiger partial charge in [-0.3, -0.25) is 0 Å². The van der Waals surface area contributed by atoms with Crippen LogP contribution in [0.5, 0.6) is 0 Å². The van der Waals surface area contributed by atoms with E-state index in [1.54, 1.807) is 0 Å². The summed E-state index contributed by atoms with van der Waals surface area (Å²) < 4.78 is 59.5. The summed E-state index contributed by atoms with van der Waals surface area (Å²) in [5.74, 6) is -4.09. The van der Waals surface area contributed by atoms with E-state index in [0.29, 0.717) is 51.4 Å². The topological polar surface area (TPSA) is 203 Å². The molecule has 0 rings (SSSR count). The van der Waals surface area contributed by atoms with Crippen molar-refractivity contribution in [2.24, 2.45) is 0 Å². The Morgan fingerprint density at radius 1 is 0.289 bits per heavy atom. The smallest absolute Gasteiger partial charge is 0.854 e. The second kappa shape index (κ2) is 35.4. The van der Waals surface area contributed by atoms with E-state index in [0.717, 1.165) is 0 Å². The fourth-order valence-corrected chi connectivity index (χ4v) is 3.38. The third-order valence-corrected chi connectivity index (χ3v) is 6.24. The summed E-state index contributed by atoms with van der Waals surface area (Å²) >= 11 is 0. The van der Waals surface area contributed by atoms with Crippen LogP contribution < -0.4 is 20.4 Å². The van der Waals surface area contributed by atoms with Crippen LogP contribution in [0.3, 0.4) is 0 Å². The van der Waals surface area contributed by atoms with Crippen LogP contribution in [0.25, 0.3) is 0 Å². The number of rotatable bonds is 24. The Morgan fingerprint density at radius 2 is 0.400 bits per heavy atom. The normalized spacial score (nSPS) is 11.7. The molecule has 45 heavy (non-hydrogen) atoms. The summed E-state index contributed by atoms with van der Waals surface area (Å²) in [7, 11) is 17.8. The Balaban J connectivity index is -0.000000157. The maximum absolute atomic E-state index is 10.2. The van der Waals surface area contributed by atoms with E-state index in [1.807, 2.05) is 0 Å². The minimum absolute atomic E-state index is 0. The van der Waals surface area contributed by atoms with Crippen LogP contribution in [0.15, 0.2) is 0 Å². The molecule has 16 nitrogen and oxygen atoms in total. The summed E-state index contributed by atoms with van der Waals surface area (Å²) in [4.78, 5) is 0. The fourth-order valence-electron chi connectivity index (χ4n) is 3.38. The quantitative estimate of drug-likeness (QED) is 0.0864. The summed E-state index contributed by atoms with van der Waals surface area (Å²) in [5, 5.41) is 40.6. The van der Waals surface area contributed by atoms with Gasteiger partial charge in [-0.15, -0.1) is 26.4 Å². The van der Waals surface area contributed by atoms with Crippen molar-refractivity contribution >= 4 is 0 Å². The van der Waals surface area contributed by atoms with Crippen LogP contribution in [0, 0.1) is 0 Å². The molecule has 0 aromatic carbocycles. The van der Waals surface area contributed by atoms with Crippen molar-refractivity contribution in [3.63, 3.8) is 0 Å². The average molecular weight is 701 g/mol. The first kappa shape index (κ1) is 54.5. The minimum Gasteiger partial charge on any atom is -0.854 e. The first-order chi connectivity index (χ1) is 21.0. The van der Waals surface area contributed by atoms with Crippen molar-refractivity contribution in [2.45, 2.75) is 75.3 Å². The molecule has 0 radical (unpaired) electrons. The summed E-state index contributed by atoms with van der Waals surface area (Å²) in [6.07, 6.45) is 3.76. The van der Waals surface area contributed by atoms with Gasteiger partial charge >= 0.3 is 21.7 Å². The standard InChI is InChI=1S/4C7H15O4.Ti/c4*1-9-7(10-2,11-3)5-4-6-8;/h4*4-6H2,1-3H3;/q4*-1;+4. The van der Waals surface area contributed by atoms with Gasteiger partial charge in [-0.2, -0.15) is 0 Å². The third kappa shape index (κ3) is 24.8. The summed E-state index contributed by atoms with van der Waals surface area (Å²) in [6.45, 7) is -0.564. The van der Waals surface area contributed by atoms with Gasteiger partial charge in [0.15, 0.2) is 0 Å². The molecule has 0 aliphatic heterocycles. The molecule has 0 bridgehead atoms. The van der Waals surface area contributed by atoms with Crippen LogP contribution in [0.1, 0.15) is 51.4 Å². The van der Waals surface area contributed by atoms with Gasteiger partial charge in [0.25, 0.3) is 23.9 Å². The van der Waals surface area contributed by atoms with Crippen LogP contribution in [0.2, 0.25) is 0 Å². The van der Waals surface area contributed by atoms with Crippen molar-refractivity contribution in [2.75, 3.05) is 112 Å². The third-order valence-electron chi connectivity index (χ3n) is 6.24. The van der Waals surface area contributed by atoms with E-state index < -0.39 is 23.9 Å². The van der Waals surface area contributed by atoms with Gasteiger partial charge in [-0.1, -0.05) is 25.7 Å². The molecular weight excluding hydrogens is 640 g/mol. The molecule has 0 aromatic heterocycles. The molecule has 0 aliphatic rings. The Labute approximate surface area is 285 Å². The predicted octanol–water partition coefficient (Wildman–Crippen LogP) is -1.12. The molecule has 0 fully saturated rings. The Bertz CT molecular complexity index is 432. The molecule has 0 unspecified atom stereocenters. The zero-order valence-electron chi connectivity index (χ0n) is 29.5. The van der Waals surface area contributed by atoms with Gasteiger partial charge in [0.05, 0.1) is 0 Å². The van der Waals surface area contributed by atoms with Crippen LogP contribution >= 0.6 is 0 Å². The van der Waals surface area contributed by atoms with Crippen molar-refractivity contribution in [1.82, 2.24) is 0 Å². The van der Waals surface area contributed by atoms with E-state index in [-0.39, 0.29) is 48.1 Å². The molecule has 17 heteroatoms. The Morgan fingerprint density at radius 3 is 0.467 bits per heavy atom. The van der Waals surface area contributed by atoms with Crippen molar-refractivity contribution in [3.05, 3.63) is 0 Å². The Kier molecular flexibility index (Phi) is 42.9. The van der Waals surface area contributed by atoms with E-state index >= 15 is 0 Å². The monoisotopic (exact) mass is 700 g/mol. The largest absolute Gasteiger partial charge is 4.00 e. The SMILES string of the molecule is COC(CCC[O-])(OC)OC.COC(CCC[O-])(OC)OC.COC(CCC[O-])(OC)OC.COC(CCC[O-])(OC)OC.[Ti+4]. The summed E-state index contributed by atoms with van der Waals surface area (Å²) in [6, 6.07) is 0. The summed E-state index contributed by atoms with van der Waals surface area (Å²) in [5.41, 5.74) is 0. The molecule has 0 amide bonds. The first-order valence-corrected chi connectivity index (χ1v) is 13.9. The molecule has 0 N–H and O–H groups in total. The molecule has 0 atom stereocenters. The van der Waals surface area contributed by atoms with E-state index in [4.69, 9.17) is 56.8 Å². The van der Waals surface area contributed by atoms with Crippen LogP contribution in [0.4, 0.5) is 0 Å². The number of hydrogen-bond acceptors (Lipinski definition) is 16. The van der Waals surface area contributed by atoms with Crippen molar-refractivity contribution in [1.29, 1.82) is 0 Å². The second-order valence-corrected chi connectivity index (χ2v) is 8.41. The van der Waals surface area contributed by atoms with Crippen LogP contribution in [-0.4, -0.2) is 136 Å². The first-order valence-electron chi connectivity index (χ1n) is 13.9. The zero-order chi connectivity index (χ0) is 35.0.